The molecular formula is C33H37F3N4O4S. The number of hydrogen-bond acceptors (Lipinski definition) is 7. The van der Waals surface area contributed by atoms with Crippen LogP contribution < -0.4 is 15.4 Å². The predicted octanol–water partition coefficient (Wildman–Crippen LogP) is 4.82. The fraction of sp³-hybridized carbons (Fsp3) is 0.485. The van der Waals surface area contributed by atoms with Gasteiger partial charge in [-0.15, -0.1) is 11.3 Å². The van der Waals surface area contributed by atoms with E-state index in [1.807, 2.05) is 12.3 Å². The quantitative estimate of drug-likeness (QED) is 0.326. The monoisotopic (exact) mass is 642 g/mol. The lowest BCUT2D eigenvalue weighted by molar-refractivity contribution is 0.0725. The number of alkyl halides is 1. The maximum Gasteiger partial charge on any atom is 0.254 e. The van der Waals surface area contributed by atoms with E-state index in [2.05, 4.69) is 15.6 Å². The minimum atomic E-state index is -1.21. The molecule has 2 fully saturated rings. The van der Waals surface area contributed by atoms with Crippen LogP contribution >= 0.6 is 11.3 Å². The molecule has 12 heteroatoms. The highest BCUT2D eigenvalue weighted by molar-refractivity contribution is 7.09. The van der Waals surface area contributed by atoms with Crippen LogP contribution in [0.25, 0.3) is 0 Å². The summed E-state index contributed by atoms with van der Waals surface area (Å²) in [5.74, 6) is -2.05. The molecule has 45 heavy (non-hydrogen) atoms. The number of aryl methyl sites for hydroxylation is 1. The van der Waals surface area contributed by atoms with Crippen LogP contribution in [0.1, 0.15) is 80.7 Å². The van der Waals surface area contributed by atoms with Crippen LogP contribution in [-0.4, -0.2) is 70.9 Å². The number of likely N-dealkylation sites (tertiary alicyclic amines) is 1. The van der Waals surface area contributed by atoms with Gasteiger partial charge in [-0.05, 0) is 81.8 Å². The van der Waals surface area contributed by atoms with Gasteiger partial charge in [-0.3, -0.25) is 9.59 Å². The van der Waals surface area contributed by atoms with Crippen LogP contribution in [0, 0.1) is 18.6 Å². The number of benzene rings is 2. The van der Waals surface area contributed by atoms with Gasteiger partial charge < -0.3 is 25.4 Å². The first kappa shape index (κ1) is 31.5. The van der Waals surface area contributed by atoms with Crippen LogP contribution in [0.4, 0.5) is 13.2 Å². The molecule has 8 nitrogen and oxygen atoms in total. The van der Waals surface area contributed by atoms with Crippen molar-refractivity contribution >= 4 is 23.2 Å². The van der Waals surface area contributed by atoms with Gasteiger partial charge in [0.2, 0.25) is 0 Å². The van der Waals surface area contributed by atoms with E-state index in [4.69, 9.17) is 4.74 Å². The van der Waals surface area contributed by atoms with Gasteiger partial charge in [-0.2, -0.15) is 0 Å². The normalized spacial score (nSPS) is 22.8. The van der Waals surface area contributed by atoms with E-state index in [0.717, 1.165) is 31.0 Å². The number of thiazole rings is 1. The van der Waals surface area contributed by atoms with E-state index in [0.29, 0.717) is 42.3 Å². The van der Waals surface area contributed by atoms with Crippen LogP contribution in [0.5, 0.6) is 5.75 Å². The second kappa shape index (κ2) is 13.5. The molecule has 0 spiro atoms. The van der Waals surface area contributed by atoms with E-state index >= 15 is 0 Å². The SMILES string of the molecule is Cc1csc([C@H]2C[C@H](F)CN2C(=O)c2cc(C(=O)N[C@@H](Cc3cc(F)cc(F)c3)[C@H](O)[C@@H]3CCCN3)cc3c2CCCCO3)n1. The number of halogens is 3. The molecular weight excluding hydrogens is 605 g/mol. The van der Waals surface area contributed by atoms with Gasteiger partial charge >= 0.3 is 0 Å². The van der Waals surface area contributed by atoms with Crippen molar-refractivity contribution in [2.24, 2.45) is 0 Å². The highest BCUT2D eigenvalue weighted by atomic mass is 32.1. The zero-order chi connectivity index (χ0) is 31.7. The van der Waals surface area contributed by atoms with E-state index in [9.17, 15) is 27.9 Å². The largest absolute Gasteiger partial charge is 0.493 e. The number of fused-ring (bicyclic) bond motifs is 1. The Bertz CT molecular complexity index is 1540. The van der Waals surface area contributed by atoms with Gasteiger partial charge in [0.1, 0.15) is 28.6 Å². The van der Waals surface area contributed by atoms with Crippen molar-refractivity contribution in [3.63, 3.8) is 0 Å². The van der Waals surface area contributed by atoms with Crippen molar-refractivity contribution in [3.05, 3.63) is 80.3 Å². The van der Waals surface area contributed by atoms with Crippen LogP contribution in [0.2, 0.25) is 0 Å². The average Bonchev–Trinajstić information content (AvgIpc) is 3.73. The number of aliphatic hydroxyl groups excluding tert-OH is 1. The Morgan fingerprint density at radius 3 is 2.69 bits per heavy atom. The van der Waals surface area contributed by atoms with Gasteiger partial charge in [0, 0.05) is 46.3 Å². The van der Waals surface area contributed by atoms with Gasteiger partial charge in [-0.25, -0.2) is 18.2 Å². The van der Waals surface area contributed by atoms with Gasteiger partial charge in [-0.1, -0.05) is 0 Å². The van der Waals surface area contributed by atoms with Crippen LogP contribution in [0.15, 0.2) is 35.7 Å². The highest BCUT2D eigenvalue weighted by Gasteiger charge is 2.40. The van der Waals surface area contributed by atoms with Crippen molar-refractivity contribution in [1.29, 1.82) is 0 Å². The third kappa shape index (κ3) is 7.02. The maximum absolute atomic E-state index is 14.8. The lowest BCUT2D eigenvalue weighted by Gasteiger charge is -2.29. The number of hydrogen-bond donors (Lipinski definition) is 3. The summed E-state index contributed by atoms with van der Waals surface area (Å²) in [4.78, 5) is 34.1. The zero-order valence-electron chi connectivity index (χ0n) is 25.0. The lowest BCUT2D eigenvalue weighted by Crippen LogP contribution is -2.52. The minimum absolute atomic E-state index is 0.0203. The summed E-state index contributed by atoms with van der Waals surface area (Å²) in [6.45, 7) is 2.90. The van der Waals surface area contributed by atoms with Crippen LogP contribution in [-0.2, 0) is 12.8 Å². The summed E-state index contributed by atoms with van der Waals surface area (Å²) < 4.78 is 48.9. The van der Waals surface area contributed by atoms with Gasteiger partial charge in [0.15, 0.2) is 0 Å². The maximum atomic E-state index is 14.8. The summed E-state index contributed by atoms with van der Waals surface area (Å²) in [7, 11) is 0. The molecule has 240 valence electrons. The van der Waals surface area contributed by atoms with Gasteiger partial charge in [0.05, 0.1) is 31.3 Å². The van der Waals surface area contributed by atoms with Crippen molar-refractivity contribution in [1.82, 2.24) is 20.5 Å². The Morgan fingerprint density at radius 1 is 1.18 bits per heavy atom. The first-order valence-corrected chi connectivity index (χ1v) is 16.4. The molecule has 3 N–H and O–H groups in total. The third-order valence-electron chi connectivity index (χ3n) is 8.83. The molecule has 3 aliphatic rings. The molecule has 2 amide bonds. The van der Waals surface area contributed by atoms with E-state index < -0.39 is 47.8 Å². The molecule has 0 unspecified atom stereocenters. The Morgan fingerprint density at radius 2 is 1.98 bits per heavy atom. The Balaban J connectivity index is 1.32. The molecule has 4 heterocycles. The highest BCUT2D eigenvalue weighted by Crippen LogP contribution is 2.38. The Kier molecular flexibility index (Phi) is 9.44. The number of ether oxygens (including phenoxy) is 1. The second-order valence-corrected chi connectivity index (χ2v) is 13.1. The molecule has 3 aliphatic heterocycles. The lowest BCUT2D eigenvalue weighted by atomic mass is 9.94. The first-order chi connectivity index (χ1) is 21.7. The molecule has 2 saturated heterocycles. The first-order valence-electron chi connectivity index (χ1n) is 15.5. The summed E-state index contributed by atoms with van der Waals surface area (Å²) in [5, 5.41) is 19.9. The standard InChI is InChI=1S/C33H37F3N4O4S/c1-18-17-45-32(38-18)28-15-23(36)16-40(28)33(43)25-12-20(13-29-24(25)5-2-3-8-44-29)31(42)39-27(30(41)26-6-4-7-37-26)11-19-9-21(34)14-22(35)10-19/h9-10,12-14,17,23,26-28,30,37,41H,2-8,11,15-16H2,1H3,(H,39,42)/t23-,26-,27-,28+,30+/m0/s1. The predicted molar refractivity (Wildman–Crippen MR) is 163 cm³/mol. The number of rotatable bonds is 8. The summed E-state index contributed by atoms with van der Waals surface area (Å²) in [5.41, 5.74) is 2.17. The van der Waals surface area contributed by atoms with E-state index in [-0.39, 0.29) is 42.1 Å². The zero-order valence-corrected chi connectivity index (χ0v) is 25.8. The van der Waals surface area contributed by atoms with Crippen LogP contribution in [0.3, 0.4) is 0 Å². The number of nitrogens with one attached hydrogen (secondary N) is 2. The molecule has 5 atom stereocenters. The van der Waals surface area contributed by atoms with Crippen molar-refractivity contribution < 1.29 is 32.6 Å². The molecule has 6 rings (SSSR count). The molecule has 0 aliphatic carbocycles. The van der Waals surface area contributed by atoms with E-state index in [1.165, 1.54) is 34.4 Å². The third-order valence-corrected chi connectivity index (χ3v) is 9.89. The number of carbonyl (C=O) groups is 2. The average molecular weight is 643 g/mol. The topological polar surface area (TPSA) is 104 Å². The van der Waals surface area contributed by atoms with Crippen molar-refractivity contribution in [2.75, 3.05) is 19.7 Å². The number of nitrogens with zero attached hydrogens (tertiary/aromatic N) is 2. The number of carbonyl (C=O) groups excluding carboxylic acids is 2. The molecule has 0 bridgehead atoms. The summed E-state index contributed by atoms with van der Waals surface area (Å²) >= 11 is 1.39. The number of amides is 2. The minimum Gasteiger partial charge on any atom is -0.493 e. The number of aromatic nitrogens is 1. The Hall–Kier alpha value is -3.48. The molecule has 0 radical (unpaired) electrons. The molecule has 2 aromatic carbocycles. The molecule has 1 aromatic heterocycles. The van der Waals surface area contributed by atoms with Gasteiger partial charge in [0.25, 0.3) is 11.8 Å². The summed E-state index contributed by atoms with van der Waals surface area (Å²) in [6.07, 6.45) is 1.52. The fourth-order valence-corrected chi connectivity index (χ4v) is 7.56. The molecule has 0 saturated carbocycles. The number of aliphatic hydroxyl groups is 1. The smallest absolute Gasteiger partial charge is 0.254 e. The fourth-order valence-electron chi connectivity index (χ4n) is 6.64. The second-order valence-electron chi connectivity index (χ2n) is 12.2. The Labute approximate surface area is 264 Å². The van der Waals surface area contributed by atoms with Crippen molar-refractivity contribution in [3.8, 4) is 5.75 Å². The van der Waals surface area contributed by atoms with E-state index in [1.54, 1.807) is 6.07 Å². The summed E-state index contributed by atoms with van der Waals surface area (Å²) in [6, 6.07) is 4.52. The molecule has 3 aromatic rings. The van der Waals surface area contributed by atoms with Crippen molar-refractivity contribution in [2.45, 2.75) is 82.3 Å².